The predicted octanol–water partition coefficient (Wildman–Crippen LogP) is 5.56. The van der Waals surface area contributed by atoms with Gasteiger partial charge in [0.25, 0.3) is 5.91 Å². The highest BCUT2D eigenvalue weighted by Gasteiger charge is 2.50. The largest absolute Gasteiger partial charge is 0.490 e. The van der Waals surface area contributed by atoms with Crippen LogP contribution in [-0.2, 0) is 0 Å². The molecule has 2 aromatic rings. The Hall–Kier alpha value is -3.22. The lowest BCUT2D eigenvalue weighted by Gasteiger charge is -2.50. The molecular formula is C27H35N3O4. The minimum atomic E-state index is -0.915. The Morgan fingerprint density at radius 1 is 1.18 bits per heavy atom. The Kier molecular flexibility index (Phi) is 7.29. The number of hydrogen-bond donors (Lipinski definition) is 2. The molecule has 4 rings (SSSR count). The van der Waals surface area contributed by atoms with E-state index >= 15 is 0 Å². The molecule has 0 radical (unpaired) electrons. The zero-order valence-corrected chi connectivity index (χ0v) is 20.4. The van der Waals surface area contributed by atoms with Crippen LogP contribution in [0, 0.1) is 0 Å². The van der Waals surface area contributed by atoms with Gasteiger partial charge in [0, 0.05) is 24.1 Å². The number of urea groups is 1. The summed E-state index contributed by atoms with van der Waals surface area (Å²) in [4.78, 5) is 27.6. The van der Waals surface area contributed by atoms with Crippen LogP contribution >= 0.6 is 0 Å². The van der Waals surface area contributed by atoms with Gasteiger partial charge in [-0.25, -0.2) is 4.79 Å². The first-order valence-corrected chi connectivity index (χ1v) is 12.4. The topological polar surface area (TPSA) is 79.9 Å². The first-order chi connectivity index (χ1) is 16.5. The van der Waals surface area contributed by atoms with Gasteiger partial charge in [-0.1, -0.05) is 50.8 Å². The molecule has 0 aliphatic carbocycles. The van der Waals surface area contributed by atoms with Crippen molar-refractivity contribution in [2.24, 2.45) is 0 Å². The number of unbranched alkanes of at least 4 members (excludes halogenated alkanes) is 4. The van der Waals surface area contributed by atoms with Crippen LogP contribution in [0.3, 0.4) is 0 Å². The maximum absolute atomic E-state index is 13.2. The van der Waals surface area contributed by atoms with Crippen LogP contribution in [0.2, 0.25) is 0 Å². The van der Waals surface area contributed by atoms with Gasteiger partial charge >= 0.3 is 6.03 Å². The number of ether oxygens (including phenoxy) is 2. The predicted molar refractivity (Wildman–Crippen MR) is 133 cm³/mol. The van der Waals surface area contributed by atoms with E-state index in [4.69, 9.17) is 9.47 Å². The van der Waals surface area contributed by atoms with E-state index in [0.29, 0.717) is 42.3 Å². The van der Waals surface area contributed by atoms with E-state index < -0.39 is 5.72 Å². The molecule has 7 nitrogen and oxygen atoms in total. The van der Waals surface area contributed by atoms with Crippen molar-refractivity contribution in [3.63, 3.8) is 0 Å². The Morgan fingerprint density at radius 2 is 1.97 bits per heavy atom. The van der Waals surface area contributed by atoms with Crippen molar-refractivity contribution in [1.82, 2.24) is 10.6 Å². The quantitative estimate of drug-likeness (QED) is 0.451. The second kappa shape index (κ2) is 10.4. The summed E-state index contributed by atoms with van der Waals surface area (Å²) in [6.45, 7) is 7.20. The van der Waals surface area contributed by atoms with Gasteiger partial charge in [0.15, 0.2) is 17.2 Å². The summed E-state index contributed by atoms with van der Waals surface area (Å²) in [5.41, 5.74) is 1.15. The van der Waals surface area contributed by atoms with Crippen molar-refractivity contribution >= 4 is 17.6 Å². The Labute approximate surface area is 201 Å². The van der Waals surface area contributed by atoms with Crippen molar-refractivity contribution in [2.45, 2.75) is 71.1 Å². The highest BCUT2D eigenvalue weighted by Crippen LogP contribution is 2.49. The van der Waals surface area contributed by atoms with Crippen molar-refractivity contribution in [3.8, 4) is 11.5 Å². The number of anilines is 1. The first kappa shape index (κ1) is 23.9. The van der Waals surface area contributed by atoms with E-state index in [1.54, 1.807) is 23.1 Å². The lowest BCUT2D eigenvalue weighted by molar-refractivity contribution is 0.0343. The van der Waals surface area contributed by atoms with Gasteiger partial charge in [0.1, 0.15) is 0 Å². The molecule has 2 aliphatic rings. The number of hydrogen-bond acceptors (Lipinski definition) is 4. The molecule has 0 aromatic heterocycles. The molecule has 2 heterocycles. The van der Waals surface area contributed by atoms with Crippen LogP contribution in [0.1, 0.15) is 81.3 Å². The normalized spacial score (nSPS) is 20.7. The average molecular weight is 466 g/mol. The van der Waals surface area contributed by atoms with Crippen molar-refractivity contribution in [1.29, 1.82) is 0 Å². The Morgan fingerprint density at radius 3 is 2.76 bits per heavy atom. The molecular weight excluding hydrogens is 430 g/mol. The Bertz CT molecular complexity index is 1040. The number of amides is 3. The second-order valence-corrected chi connectivity index (χ2v) is 9.15. The molecule has 2 atom stereocenters. The lowest BCUT2D eigenvalue weighted by Crippen LogP contribution is -2.65. The number of carbonyl (C=O) groups excluding carboxylic acids is 2. The summed E-state index contributed by atoms with van der Waals surface area (Å²) < 4.78 is 12.3. The molecule has 0 spiro atoms. The van der Waals surface area contributed by atoms with E-state index in [2.05, 4.69) is 17.6 Å². The zero-order chi connectivity index (χ0) is 24.1. The van der Waals surface area contributed by atoms with Gasteiger partial charge < -0.3 is 20.1 Å². The second-order valence-electron chi connectivity index (χ2n) is 9.15. The standard InChI is InChI=1S/C27H35N3O4/c1-4-6-7-8-9-16-28-25(31)19-12-10-13-20(17-19)30-26(32)29-22-18-27(30,3)34-24-21(22)14-11-15-23(24)33-5-2/h10-15,17,22H,4-9,16,18H2,1-3H3,(H,28,31)(H,29,32)/t22?,27-/m1/s1. The van der Waals surface area contributed by atoms with Gasteiger partial charge in [-0.3, -0.25) is 9.69 Å². The zero-order valence-electron chi connectivity index (χ0n) is 20.4. The molecule has 2 aliphatic heterocycles. The molecule has 34 heavy (non-hydrogen) atoms. The summed E-state index contributed by atoms with van der Waals surface area (Å²) >= 11 is 0. The van der Waals surface area contributed by atoms with E-state index in [1.165, 1.54) is 19.3 Å². The Balaban J connectivity index is 1.53. The molecule has 3 amide bonds. The number of carbonyl (C=O) groups is 2. The smallest absolute Gasteiger partial charge is 0.325 e. The third-order valence-electron chi connectivity index (χ3n) is 6.50. The number of rotatable bonds is 10. The average Bonchev–Trinajstić information content (AvgIpc) is 2.81. The van der Waals surface area contributed by atoms with Crippen molar-refractivity contribution in [2.75, 3.05) is 18.1 Å². The fourth-order valence-electron chi connectivity index (χ4n) is 4.84. The fourth-order valence-corrected chi connectivity index (χ4v) is 4.84. The molecule has 2 aromatic carbocycles. The number of nitrogens with one attached hydrogen (secondary N) is 2. The van der Waals surface area contributed by atoms with Gasteiger partial charge in [-0.15, -0.1) is 0 Å². The van der Waals surface area contributed by atoms with E-state index in [9.17, 15) is 9.59 Å². The minimum Gasteiger partial charge on any atom is -0.490 e. The third-order valence-corrected chi connectivity index (χ3v) is 6.50. The van der Waals surface area contributed by atoms with Gasteiger partial charge in [0.2, 0.25) is 0 Å². The van der Waals surface area contributed by atoms with Gasteiger partial charge in [-0.2, -0.15) is 0 Å². The number of fused-ring (bicyclic) bond motifs is 4. The van der Waals surface area contributed by atoms with E-state index in [0.717, 1.165) is 18.4 Å². The summed E-state index contributed by atoms with van der Waals surface area (Å²) in [7, 11) is 0. The van der Waals surface area contributed by atoms with Crippen molar-refractivity contribution in [3.05, 3.63) is 53.6 Å². The van der Waals surface area contributed by atoms with E-state index in [1.807, 2.05) is 38.1 Å². The molecule has 1 saturated heterocycles. The minimum absolute atomic E-state index is 0.133. The highest BCUT2D eigenvalue weighted by atomic mass is 16.5. The summed E-state index contributed by atoms with van der Waals surface area (Å²) in [5, 5.41) is 6.10. The van der Waals surface area contributed by atoms with Crippen LogP contribution in [0.25, 0.3) is 0 Å². The molecule has 1 fully saturated rings. The molecule has 2 bridgehead atoms. The summed E-state index contributed by atoms with van der Waals surface area (Å²) in [5.74, 6) is 1.19. The van der Waals surface area contributed by atoms with E-state index in [-0.39, 0.29) is 18.0 Å². The monoisotopic (exact) mass is 465 g/mol. The molecule has 2 N–H and O–H groups in total. The molecule has 182 valence electrons. The maximum Gasteiger partial charge on any atom is 0.325 e. The van der Waals surface area contributed by atoms with Crippen LogP contribution in [-0.4, -0.2) is 30.8 Å². The van der Waals surface area contributed by atoms with Gasteiger partial charge in [-0.05, 0) is 44.5 Å². The fraction of sp³-hybridized carbons (Fsp3) is 0.481. The SMILES string of the molecule is CCCCCCCNC(=O)c1cccc(N2C(=O)NC3C[C@@]2(C)Oc2c(OCC)cccc23)c1. The van der Waals surface area contributed by atoms with Crippen molar-refractivity contribution < 1.29 is 19.1 Å². The number of para-hydroxylation sites is 1. The molecule has 7 heteroatoms. The van der Waals surface area contributed by atoms with Crippen LogP contribution in [0.4, 0.5) is 10.5 Å². The maximum atomic E-state index is 13.2. The number of nitrogens with zero attached hydrogens (tertiary/aromatic N) is 1. The lowest BCUT2D eigenvalue weighted by atomic mass is 9.89. The van der Waals surface area contributed by atoms with Gasteiger partial charge in [0.05, 0.1) is 18.3 Å². The molecule has 1 unspecified atom stereocenters. The summed E-state index contributed by atoms with van der Waals surface area (Å²) in [6, 6.07) is 12.5. The third kappa shape index (κ3) is 4.83. The number of benzene rings is 2. The molecule has 0 saturated carbocycles. The summed E-state index contributed by atoms with van der Waals surface area (Å²) in [6.07, 6.45) is 6.28. The highest BCUT2D eigenvalue weighted by molar-refractivity contribution is 5.99. The van der Waals surface area contributed by atoms with Crippen LogP contribution < -0.4 is 25.0 Å². The first-order valence-electron chi connectivity index (χ1n) is 12.4. The van der Waals surface area contributed by atoms with Crippen LogP contribution in [0.5, 0.6) is 11.5 Å². The van der Waals surface area contributed by atoms with Crippen LogP contribution in [0.15, 0.2) is 42.5 Å².